The predicted molar refractivity (Wildman–Crippen MR) is 125 cm³/mol. The molecule has 0 saturated carbocycles. The maximum absolute atomic E-state index is 6.51. The number of ether oxygens (including phenoxy) is 1. The van der Waals surface area contributed by atoms with Gasteiger partial charge >= 0.3 is 0 Å². The van der Waals surface area contributed by atoms with Crippen LogP contribution in [0.2, 0.25) is 0 Å². The van der Waals surface area contributed by atoms with Gasteiger partial charge in [-0.15, -0.1) is 11.6 Å². The maximum atomic E-state index is 6.51. The highest BCUT2D eigenvalue weighted by Gasteiger charge is 2.37. The Labute approximate surface area is 183 Å². The third-order valence-corrected chi connectivity index (χ3v) is 6.89. The number of methoxy groups -OCH3 is 1. The summed E-state index contributed by atoms with van der Waals surface area (Å²) in [4.78, 5) is 4.92. The molecule has 1 aromatic rings. The van der Waals surface area contributed by atoms with E-state index in [1.807, 2.05) is 0 Å². The normalized spacial score (nSPS) is 21.3. The summed E-state index contributed by atoms with van der Waals surface area (Å²) >= 11 is 6.51. The Balaban J connectivity index is 1.79. The van der Waals surface area contributed by atoms with Crippen molar-refractivity contribution in [2.24, 2.45) is 11.3 Å². The van der Waals surface area contributed by atoms with E-state index in [1.165, 1.54) is 24.8 Å². The van der Waals surface area contributed by atoms with Crippen LogP contribution >= 0.6 is 11.6 Å². The number of nitrogens with one attached hydrogen (secondary N) is 1. The summed E-state index contributed by atoms with van der Waals surface area (Å²) in [7, 11) is 3.95. The Morgan fingerprint density at radius 1 is 1.24 bits per heavy atom. The molecular weight excluding hydrogens is 382 g/mol. The number of halogens is 1. The highest BCUT2D eigenvalue weighted by molar-refractivity contribution is 6.18. The molecule has 0 bridgehead atoms. The molecule has 1 fully saturated rings. The highest BCUT2D eigenvalue weighted by atomic mass is 35.5. The van der Waals surface area contributed by atoms with Crippen LogP contribution in [0.1, 0.15) is 38.7 Å². The molecule has 4 nitrogen and oxygen atoms in total. The molecule has 1 aliphatic heterocycles. The topological polar surface area (TPSA) is 27.7 Å². The molecule has 1 heterocycles. The third-order valence-electron chi connectivity index (χ3n) is 6.33. The van der Waals surface area contributed by atoms with Gasteiger partial charge in [0.15, 0.2) is 0 Å². The van der Waals surface area contributed by atoms with Crippen molar-refractivity contribution < 1.29 is 4.74 Å². The first-order valence-electron chi connectivity index (χ1n) is 11.2. The van der Waals surface area contributed by atoms with E-state index in [-0.39, 0.29) is 5.41 Å². The van der Waals surface area contributed by atoms with Crippen molar-refractivity contribution in [3.63, 3.8) is 0 Å². The highest BCUT2D eigenvalue weighted by Crippen LogP contribution is 2.32. The fraction of sp³-hybridized carbons (Fsp3) is 0.750. The van der Waals surface area contributed by atoms with Crippen molar-refractivity contribution in [3.05, 3.63) is 35.9 Å². The fourth-order valence-corrected chi connectivity index (χ4v) is 4.58. The van der Waals surface area contributed by atoms with E-state index in [2.05, 4.69) is 66.3 Å². The second kappa shape index (κ2) is 12.9. The van der Waals surface area contributed by atoms with Gasteiger partial charge in [-0.05, 0) is 50.9 Å². The first-order valence-corrected chi connectivity index (χ1v) is 11.7. The number of nitrogens with zero attached hydrogens (tertiary/aromatic N) is 2. The number of hydrogen-bond donors (Lipinski definition) is 1. The van der Waals surface area contributed by atoms with Gasteiger partial charge in [0, 0.05) is 50.6 Å². The van der Waals surface area contributed by atoms with Crippen LogP contribution in [-0.4, -0.2) is 75.2 Å². The van der Waals surface area contributed by atoms with Gasteiger partial charge in [-0.2, -0.15) is 0 Å². The fourth-order valence-electron chi connectivity index (χ4n) is 4.26. The molecule has 5 heteroatoms. The maximum Gasteiger partial charge on any atom is 0.0589 e. The van der Waals surface area contributed by atoms with Gasteiger partial charge in [0.1, 0.15) is 0 Å². The quantitative estimate of drug-likeness (QED) is 0.456. The average Bonchev–Trinajstić information content (AvgIpc) is 3.12. The van der Waals surface area contributed by atoms with Crippen LogP contribution < -0.4 is 5.32 Å². The van der Waals surface area contributed by atoms with E-state index in [9.17, 15) is 0 Å². The molecule has 29 heavy (non-hydrogen) atoms. The first kappa shape index (κ1) is 24.6. The van der Waals surface area contributed by atoms with Gasteiger partial charge in [-0.1, -0.05) is 44.2 Å². The van der Waals surface area contributed by atoms with Crippen molar-refractivity contribution in [2.45, 2.75) is 45.7 Å². The summed E-state index contributed by atoms with van der Waals surface area (Å²) in [6.45, 7) is 11.9. The second-order valence-corrected chi connectivity index (χ2v) is 9.52. The lowest BCUT2D eigenvalue weighted by molar-refractivity contribution is 0.159. The van der Waals surface area contributed by atoms with Crippen LogP contribution in [0.15, 0.2) is 30.3 Å². The van der Waals surface area contributed by atoms with Crippen LogP contribution in [0.5, 0.6) is 0 Å². The lowest BCUT2D eigenvalue weighted by Crippen LogP contribution is -2.44. The van der Waals surface area contributed by atoms with Crippen molar-refractivity contribution in [1.29, 1.82) is 0 Å². The molecule has 1 aliphatic rings. The summed E-state index contributed by atoms with van der Waals surface area (Å²) in [5, 5.41) is 3.90. The number of alkyl halides is 1. The lowest BCUT2D eigenvalue weighted by atomic mass is 9.88. The molecule has 166 valence electrons. The minimum absolute atomic E-state index is 0.193. The summed E-state index contributed by atoms with van der Waals surface area (Å²) in [6, 6.07) is 11.3. The molecular formula is C24H42ClN3O. The molecule has 0 amide bonds. The number of rotatable bonds is 14. The van der Waals surface area contributed by atoms with Crippen LogP contribution in [0.4, 0.5) is 0 Å². The van der Waals surface area contributed by atoms with Crippen LogP contribution in [0, 0.1) is 11.3 Å². The minimum Gasteiger partial charge on any atom is -0.383 e. The number of likely N-dealkylation sites (tertiary alicyclic amines) is 1. The Hall–Kier alpha value is -0.650. The molecule has 1 N–H and O–H groups in total. The van der Waals surface area contributed by atoms with E-state index < -0.39 is 0 Å². The van der Waals surface area contributed by atoms with Crippen molar-refractivity contribution >= 4 is 11.6 Å². The molecule has 0 spiro atoms. The summed E-state index contributed by atoms with van der Waals surface area (Å²) in [6.07, 6.45) is 3.60. The van der Waals surface area contributed by atoms with E-state index in [0.717, 1.165) is 51.8 Å². The molecule has 0 aliphatic carbocycles. The zero-order chi connectivity index (χ0) is 21.1. The third kappa shape index (κ3) is 8.55. The van der Waals surface area contributed by atoms with Crippen molar-refractivity contribution in [2.75, 3.05) is 59.4 Å². The first-order chi connectivity index (χ1) is 14.0. The Morgan fingerprint density at radius 3 is 2.66 bits per heavy atom. The molecule has 2 rings (SSSR count). The smallest absolute Gasteiger partial charge is 0.0589 e. The van der Waals surface area contributed by atoms with Gasteiger partial charge in [0.05, 0.1) is 6.61 Å². The molecule has 0 aromatic heterocycles. The monoisotopic (exact) mass is 423 g/mol. The molecule has 2 atom stereocenters. The molecule has 0 radical (unpaired) electrons. The van der Waals surface area contributed by atoms with Gasteiger partial charge in [0.25, 0.3) is 0 Å². The minimum atomic E-state index is 0.193. The Bertz CT molecular complexity index is 556. The van der Waals surface area contributed by atoms with E-state index >= 15 is 0 Å². The van der Waals surface area contributed by atoms with Gasteiger partial charge in [-0.25, -0.2) is 0 Å². The summed E-state index contributed by atoms with van der Waals surface area (Å²) in [5.74, 6) is 1.36. The van der Waals surface area contributed by atoms with E-state index in [4.69, 9.17) is 16.3 Å². The average molecular weight is 424 g/mol. The molecule has 1 aromatic carbocycles. The zero-order valence-electron chi connectivity index (χ0n) is 19.0. The van der Waals surface area contributed by atoms with Gasteiger partial charge in [0.2, 0.25) is 0 Å². The lowest BCUT2D eigenvalue weighted by Gasteiger charge is -2.32. The van der Waals surface area contributed by atoms with Crippen molar-refractivity contribution in [3.8, 4) is 0 Å². The second-order valence-electron chi connectivity index (χ2n) is 9.25. The van der Waals surface area contributed by atoms with Gasteiger partial charge < -0.3 is 15.0 Å². The van der Waals surface area contributed by atoms with Crippen molar-refractivity contribution in [1.82, 2.24) is 15.1 Å². The summed E-state index contributed by atoms with van der Waals surface area (Å²) < 4.78 is 5.17. The Morgan fingerprint density at radius 2 is 2.00 bits per heavy atom. The number of hydrogen-bond acceptors (Lipinski definition) is 4. The predicted octanol–water partition coefficient (Wildman–Crippen LogP) is 4.09. The van der Waals surface area contributed by atoms with E-state index in [1.54, 1.807) is 7.11 Å². The van der Waals surface area contributed by atoms with Crippen LogP contribution in [0.25, 0.3) is 0 Å². The standard InChI is InChI=1S/C24H42ClN3O/c1-21(2)23(11-8-13-27(3)15-16-29-4)26-19-24(18-25)12-14-28(20-24)17-22-9-6-5-7-10-22/h5-7,9-10,21,23,26H,8,11-20H2,1-4H3/t23-,24?/m1/s1. The Kier molecular flexibility index (Phi) is 11.0. The summed E-state index contributed by atoms with van der Waals surface area (Å²) in [5.41, 5.74) is 1.59. The SMILES string of the molecule is COCCN(C)CCC[C@@H](NCC1(CCl)CCN(Cc2ccccc2)C1)C(C)C. The zero-order valence-corrected chi connectivity index (χ0v) is 19.8. The number of benzene rings is 1. The largest absolute Gasteiger partial charge is 0.383 e. The van der Waals surface area contributed by atoms with Gasteiger partial charge in [-0.3, -0.25) is 4.90 Å². The number of likely N-dealkylation sites (N-methyl/N-ethyl adjacent to an activating group) is 1. The van der Waals surface area contributed by atoms with E-state index in [0.29, 0.717) is 12.0 Å². The molecule has 1 unspecified atom stereocenters. The molecule has 1 saturated heterocycles. The van der Waals surface area contributed by atoms with Crippen LogP contribution in [0.3, 0.4) is 0 Å². The van der Waals surface area contributed by atoms with Crippen LogP contribution in [-0.2, 0) is 11.3 Å².